The van der Waals surface area contributed by atoms with Crippen molar-refractivity contribution in [2.24, 2.45) is 0 Å². The molecule has 7 heteroatoms. The number of anilines is 1. The Balaban J connectivity index is 1.88. The molecule has 0 saturated heterocycles. The van der Waals surface area contributed by atoms with Crippen LogP contribution in [0.1, 0.15) is 12.5 Å². The molecular weight excluding hydrogens is 328 g/mol. The third-order valence-corrected chi connectivity index (χ3v) is 5.12. The van der Waals surface area contributed by atoms with Crippen LogP contribution >= 0.6 is 23.1 Å². The molecule has 0 bridgehead atoms. The molecule has 23 heavy (non-hydrogen) atoms. The van der Waals surface area contributed by atoms with Crippen molar-refractivity contribution in [2.45, 2.75) is 23.1 Å². The van der Waals surface area contributed by atoms with E-state index in [1.807, 2.05) is 44.3 Å². The predicted molar refractivity (Wildman–Crippen MR) is 96.8 cm³/mol. The lowest BCUT2D eigenvalue weighted by molar-refractivity contribution is -0.129. The first-order valence-corrected chi connectivity index (χ1v) is 8.93. The van der Waals surface area contributed by atoms with Crippen molar-refractivity contribution in [1.29, 1.82) is 0 Å². The van der Waals surface area contributed by atoms with E-state index < -0.39 is 0 Å². The summed E-state index contributed by atoms with van der Waals surface area (Å²) in [6.45, 7) is 6.79. The molecule has 1 N–H and O–H groups in total. The molecule has 0 saturated carbocycles. The van der Waals surface area contributed by atoms with Gasteiger partial charge in [-0.1, -0.05) is 59.5 Å². The zero-order chi connectivity index (χ0) is 16.7. The molecule has 122 valence electrons. The number of hydrogen-bond donors (Lipinski definition) is 1. The summed E-state index contributed by atoms with van der Waals surface area (Å²) < 4.78 is 0.783. The number of amides is 1. The van der Waals surface area contributed by atoms with Gasteiger partial charge in [0.25, 0.3) is 0 Å². The number of aromatic nitrogens is 2. The van der Waals surface area contributed by atoms with E-state index in [1.165, 1.54) is 23.1 Å². The smallest absolute Gasteiger partial charge is 0.235 e. The fourth-order valence-corrected chi connectivity index (χ4v) is 3.95. The number of benzene rings is 1. The number of nitrogens with one attached hydrogen (secondary N) is 1. The van der Waals surface area contributed by atoms with Crippen LogP contribution in [-0.2, 0) is 11.3 Å². The highest BCUT2D eigenvalue weighted by Crippen LogP contribution is 2.29. The first-order chi connectivity index (χ1) is 11.1. The monoisotopic (exact) mass is 348 g/mol. The van der Waals surface area contributed by atoms with Crippen molar-refractivity contribution < 1.29 is 4.79 Å². The van der Waals surface area contributed by atoms with E-state index >= 15 is 0 Å². The first-order valence-electron chi connectivity index (χ1n) is 7.24. The Morgan fingerprint density at radius 1 is 1.43 bits per heavy atom. The minimum Gasteiger partial charge on any atom is -0.357 e. The highest BCUT2D eigenvalue weighted by atomic mass is 32.2. The molecule has 0 fully saturated rings. The van der Waals surface area contributed by atoms with Crippen LogP contribution in [0.15, 0.2) is 47.3 Å². The predicted octanol–water partition coefficient (Wildman–Crippen LogP) is 3.28. The normalized spacial score (nSPS) is 11.7. The minimum absolute atomic E-state index is 0.0784. The van der Waals surface area contributed by atoms with Gasteiger partial charge in [0, 0.05) is 20.1 Å². The quantitative estimate of drug-likeness (QED) is 0.586. The van der Waals surface area contributed by atoms with E-state index in [1.54, 1.807) is 11.0 Å². The molecule has 2 rings (SSSR count). The summed E-state index contributed by atoms with van der Waals surface area (Å²) >= 11 is 2.88. The molecule has 0 aliphatic rings. The van der Waals surface area contributed by atoms with E-state index in [0.717, 1.165) is 15.0 Å². The molecule has 1 atom stereocenters. The molecule has 1 amide bonds. The Morgan fingerprint density at radius 2 is 2.17 bits per heavy atom. The second-order valence-electron chi connectivity index (χ2n) is 4.98. The second kappa shape index (κ2) is 8.69. The van der Waals surface area contributed by atoms with Crippen molar-refractivity contribution in [2.75, 3.05) is 18.9 Å². The summed E-state index contributed by atoms with van der Waals surface area (Å²) in [7, 11) is 1.82. The van der Waals surface area contributed by atoms with E-state index in [-0.39, 0.29) is 11.2 Å². The van der Waals surface area contributed by atoms with Gasteiger partial charge >= 0.3 is 0 Å². The average molecular weight is 348 g/mol. The van der Waals surface area contributed by atoms with Gasteiger partial charge in [-0.25, -0.2) is 0 Å². The van der Waals surface area contributed by atoms with Crippen LogP contribution in [0.3, 0.4) is 0 Å². The third kappa shape index (κ3) is 5.37. The van der Waals surface area contributed by atoms with Crippen LogP contribution in [0.25, 0.3) is 0 Å². The molecule has 0 radical (unpaired) electrons. The van der Waals surface area contributed by atoms with Crippen LogP contribution in [0.5, 0.6) is 0 Å². The van der Waals surface area contributed by atoms with Crippen molar-refractivity contribution in [3.8, 4) is 0 Å². The first kappa shape index (κ1) is 17.5. The van der Waals surface area contributed by atoms with Gasteiger partial charge in [0.05, 0.1) is 5.25 Å². The number of carbonyl (C=O) groups is 1. The van der Waals surface area contributed by atoms with Gasteiger partial charge < -0.3 is 10.2 Å². The Bertz CT molecular complexity index is 645. The highest BCUT2D eigenvalue weighted by molar-refractivity contribution is 8.02. The van der Waals surface area contributed by atoms with Crippen LogP contribution in [0.4, 0.5) is 5.13 Å². The van der Waals surface area contributed by atoms with Gasteiger partial charge in [0.1, 0.15) is 0 Å². The van der Waals surface area contributed by atoms with Crippen LogP contribution in [-0.4, -0.2) is 39.8 Å². The van der Waals surface area contributed by atoms with Crippen LogP contribution < -0.4 is 5.32 Å². The lowest BCUT2D eigenvalue weighted by atomic mass is 10.2. The van der Waals surface area contributed by atoms with Gasteiger partial charge in [0.15, 0.2) is 4.34 Å². The maximum absolute atomic E-state index is 12.5. The Morgan fingerprint density at radius 3 is 2.87 bits per heavy atom. The Labute approximate surface area is 144 Å². The molecule has 0 aliphatic heterocycles. The maximum atomic E-state index is 12.5. The van der Waals surface area contributed by atoms with Crippen LogP contribution in [0, 0.1) is 0 Å². The molecule has 1 heterocycles. The minimum atomic E-state index is -0.205. The molecular formula is C16H20N4OS2. The largest absolute Gasteiger partial charge is 0.357 e. The molecule has 2 aromatic rings. The number of carbonyl (C=O) groups excluding carboxylic acids is 1. The van der Waals surface area contributed by atoms with Gasteiger partial charge in [-0.3, -0.25) is 4.79 Å². The molecule has 1 aromatic heterocycles. The Kier molecular flexibility index (Phi) is 6.61. The van der Waals surface area contributed by atoms with E-state index in [2.05, 4.69) is 22.1 Å². The fraction of sp³-hybridized carbons (Fsp3) is 0.312. The third-order valence-electron chi connectivity index (χ3n) is 3.07. The topological polar surface area (TPSA) is 58.1 Å². The number of nitrogens with zero attached hydrogens (tertiary/aromatic N) is 3. The lowest BCUT2D eigenvalue weighted by Gasteiger charge is -2.20. The summed E-state index contributed by atoms with van der Waals surface area (Å²) in [5.74, 6) is 0.0784. The molecule has 5 nitrogen and oxygen atoms in total. The average Bonchev–Trinajstić information content (AvgIpc) is 3.00. The second-order valence-corrected chi connectivity index (χ2v) is 7.55. The van der Waals surface area contributed by atoms with E-state index in [4.69, 9.17) is 0 Å². The van der Waals surface area contributed by atoms with Crippen molar-refractivity contribution >= 4 is 34.1 Å². The van der Waals surface area contributed by atoms with Gasteiger partial charge in [-0.15, -0.1) is 16.8 Å². The fourth-order valence-electron chi connectivity index (χ4n) is 1.94. The summed E-state index contributed by atoms with van der Waals surface area (Å²) in [5.41, 5.74) is 1.12. The standard InChI is InChI=1S/C16H20N4OS2/c1-4-10-17-15-18-19-16(23-15)22-12(2)14(21)20(3)11-13-8-6-5-7-9-13/h4-9,12H,1,10-11H2,2-3H3,(H,17,18). The lowest BCUT2D eigenvalue weighted by Crippen LogP contribution is -2.32. The summed E-state index contributed by atoms with van der Waals surface area (Å²) in [5, 5.41) is 11.8. The van der Waals surface area contributed by atoms with E-state index in [0.29, 0.717) is 13.1 Å². The summed E-state index contributed by atoms with van der Waals surface area (Å²) in [4.78, 5) is 14.2. The zero-order valence-corrected chi connectivity index (χ0v) is 14.9. The number of hydrogen-bond acceptors (Lipinski definition) is 6. The Hall–Kier alpha value is -1.86. The van der Waals surface area contributed by atoms with Crippen molar-refractivity contribution in [1.82, 2.24) is 15.1 Å². The summed E-state index contributed by atoms with van der Waals surface area (Å²) in [6.07, 6.45) is 1.76. The van der Waals surface area contributed by atoms with Gasteiger partial charge in [0.2, 0.25) is 11.0 Å². The van der Waals surface area contributed by atoms with Gasteiger partial charge in [-0.2, -0.15) is 0 Å². The highest BCUT2D eigenvalue weighted by Gasteiger charge is 2.20. The SMILES string of the molecule is C=CCNc1nnc(SC(C)C(=O)N(C)Cc2ccccc2)s1. The molecule has 0 spiro atoms. The van der Waals surface area contributed by atoms with Crippen molar-refractivity contribution in [3.63, 3.8) is 0 Å². The van der Waals surface area contributed by atoms with Gasteiger partial charge in [-0.05, 0) is 12.5 Å². The summed E-state index contributed by atoms with van der Waals surface area (Å²) in [6, 6.07) is 9.96. The molecule has 0 aliphatic carbocycles. The van der Waals surface area contributed by atoms with E-state index in [9.17, 15) is 4.79 Å². The van der Waals surface area contributed by atoms with Crippen LogP contribution in [0.2, 0.25) is 0 Å². The molecule has 1 aromatic carbocycles. The number of thioether (sulfide) groups is 1. The van der Waals surface area contributed by atoms with Crippen molar-refractivity contribution in [3.05, 3.63) is 48.6 Å². The number of rotatable bonds is 8. The molecule has 1 unspecified atom stereocenters. The maximum Gasteiger partial charge on any atom is 0.235 e. The zero-order valence-electron chi connectivity index (χ0n) is 13.2.